The predicted octanol–water partition coefficient (Wildman–Crippen LogP) is 2.32. The van der Waals surface area contributed by atoms with Crippen molar-refractivity contribution in [3.8, 4) is 0 Å². The van der Waals surface area contributed by atoms with Gasteiger partial charge in [-0.05, 0) is 29.2 Å². The third-order valence-electron chi connectivity index (χ3n) is 4.65. The number of fused-ring (bicyclic) bond motifs is 1. The number of carbonyl (C=O) groups is 1. The van der Waals surface area contributed by atoms with Gasteiger partial charge in [0.05, 0.1) is 12.1 Å². The second-order valence-electron chi connectivity index (χ2n) is 6.91. The van der Waals surface area contributed by atoms with Gasteiger partial charge in [-0.1, -0.05) is 44.2 Å². The second-order valence-corrected chi connectivity index (χ2v) is 6.91. The first kappa shape index (κ1) is 16.5. The molecule has 0 bridgehead atoms. The van der Waals surface area contributed by atoms with Crippen molar-refractivity contribution in [2.45, 2.75) is 37.8 Å². The summed E-state index contributed by atoms with van der Waals surface area (Å²) in [5.41, 5.74) is 2.84. The van der Waals surface area contributed by atoms with Crippen molar-refractivity contribution in [2.24, 2.45) is 0 Å². The van der Waals surface area contributed by atoms with Gasteiger partial charge in [0.25, 0.3) is 0 Å². The maximum atomic E-state index is 12.2. The van der Waals surface area contributed by atoms with Crippen LogP contribution in [0.2, 0.25) is 0 Å². The number of rotatable bonds is 4. The molecule has 1 aromatic carbocycles. The van der Waals surface area contributed by atoms with Crippen molar-refractivity contribution in [3.63, 3.8) is 0 Å². The molecule has 1 aliphatic carbocycles. The fraction of sp³-hybridized carbons (Fsp3) is 0.368. The van der Waals surface area contributed by atoms with Crippen LogP contribution in [-0.4, -0.2) is 28.7 Å². The van der Waals surface area contributed by atoms with Gasteiger partial charge in [0.1, 0.15) is 0 Å². The van der Waals surface area contributed by atoms with Crippen LogP contribution in [-0.2, 0) is 11.8 Å². The summed E-state index contributed by atoms with van der Waals surface area (Å²) in [6.07, 6.45) is 3.55. The summed E-state index contributed by atoms with van der Waals surface area (Å²) in [7, 11) is 0. The first-order valence-corrected chi connectivity index (χ1v) is 8.18. The number of aliphatic hydroxyl groups excluding tert-OH is 1. The number of hydrogen-bond donors (Lipinski definition) is 3. The van der Waals surface area contributed by atoms with Crippen LogP contribution in [0.5, 0.6) is 0 Å². The Morgan fingerprint density at radius 1 is 1.29 bits per heavy atom. The average molecular weight is 325 g/mol. The van der Waals surface area contributed by atoms with E-state index in [1.54, 1.807) is 6.20 Å². The smallest absolute Gasteiger partial charge is 0.315 e. The molecular formula is C19H23N3O2. The molecule has 3 N–H and O–H groups in total. The quantitative estimate of drug-likeness (QED) is 0.807. The molecule has 3 rings (SSSR count). The fourth-order valence-corrected chi connectivity index (χ4v) is 3.09. The van der Waals surface area contributed by atoms with Gasteiger partial charge in [-0.2, -0.15) is 0 Å². The lowest BCUT2D eigenvalue weighted by atomic mass is 9.86. The number of urea groups is 1. The minimum atomic E-state index is -0.654. The van der Waals surface area contributed by atoms with Crippen LogP contribution in [0.15, 0.2) is 48.8 Å². The van der Waals surface area contributed by atoms with Crippen LogP contribution in [0.25, 0.3) is 0 Å². The molecule has 0 aliphatic heterocycles. The van der Waals surface area contributed by atoms with Gasteiger partial charge in [-0.25, -0.2) is 4.79 Å². The van der Waals surface area contributed by atoms with Crippen molar-refractivity contribution in [1.29, 1.82) is 0 Å². The van der Waals surface area contributed by atoms with Crippen LogP contribution in [0.3, 0.4) is 0 Å². The van der Waals surface area contributed by atoms with E-state index in [9.17, 15) is 9.90 Å². The summed E-state index contributed by atoms with van der Waals surface area (Å²) >= 11 is 0. The number of nitrogens with zero attached hydrogens (tertiary/aromatic N) is 1. The monoisotopic (exact) mass is 325 g/mol. The molecule has 5 heteroatoms. The zero-order chi connectivity index (χ0) is 17.2. The van der Waals surface area contributed by atoms with E-state index < -0.39 is 6.10 Å². The normalized spacial score (nSPS) is 19.6. The second kappa shape index (κ2) is 6.61. The maximum absolute atomic E-state index is 12.2. The van der Waals surface area contributed by atoms with E-state index in [0.29, 0.717) is 13.0 Å². The number of hydrogen-bond acceptors (Lipinski definition) is 3. The first-order valence-electron chi connectivity index (χ1n) is 8.18. The number of pyridine rings is 1. The van der Waals surface area contributed by atoms with Crippen LogP contribution in [0.4, 0.5) is 4.79 Å². The van der Waals surface area contributed by atoms with Crippen LogP contribution in [0.1, 0.15) is 36.6 Å². The summed E-state index contributed by atoms with van der Waals surface area (Å²) in [6.45, 7) is 4.61. The molecule has 0 spiro atoms. The Labute approximate surface area is 142 Å². The minimum absolute atomic E-state index is 0.219. The van der Waals surface area contributed by atoms with Gasteiger partial charge in [-0.3, -0.25) is 4.98 Å². The van der Waals surface area contributed by atoms with Gasteiger partial charge >= 0.3 is 6.03 Å². The Balaban J connectivity index is 1.56. The van der Waals surface area contributed by atoms with Gasteiger partial charge in [0, 0.05) is 24.4 Å². The SMILES string of the molecule is CC(C)(CNC(=O)N[C@@H]1Cc2ccccc2[C@H]1O)c1cccnc1. The van der Waals surface area contributed by atoms with Crippen molar-refractivity contribution in [1.82, 2.24) is 15.6 Å². The Morgan fingerprint density at radius 2 is 2.08 bits per heavy atom. The average Bonchev–Trinajstić information content (AvgIpc) is 2.90. The Hall–Kier alpha value is -2.40. The van der Waals surface area contributed by atoms with E-state index in [0.717, 1.165) is 16.7 Å². The third-order valence-corrected chi connectivity index (χ3v) is 4.65. The van der Waals surface area contributed by atoms with Crippen molar-refractivity contribution >= 4 is 6.03 Å². The molecular weight excluding hydrogens is 302 g/mol. The molecule has 0 radical (unpaired) electrons. The number of nitrogens with one attached hydrogen (secondary N) is 2. The summed E-state index contributed by atoms with van der Waals surface area (Å²) in [5, 5.41) is 16.1. The highest BCUT2D eigenvalue weighted by Gasteiger charge is 2.32. The summed E-state index contributed by atoms with van der Waals surface area (Å²) in [4.78, 5) is 16.4. The largest absolute Gasteiger partial charge is 0.386 e. The van der Waals surface area contributed by atoms with E-state index in [2.05, 4.69) is 29.5 Å². The number of aliphatic hydroxyl groups is 1. The maximum Gasteiger partial charge on any atom is 0.315 e. The molecule has 1 aliphatic rings. The standard InChI is InChI=1S/C19H23N3O2/c1-19(2,14-7-5-9-20-11-14)12-21-18(24)22-16-10-13-6-3-4-8-15(13)17(16)23/h3-9,11,16-17,23H,10,12H2,1-2H3,(H2,21,22,24)/t16-,17-/m1/s1. The van der Waals surface area contributed by atoms with E-state index >= 15 is 0 Å². The molecule has 24 heavy (non-hydrogen) atoms. The molecule has 126 valence electrons. The third kappa shape index (κ3) is 3.41. The van der Waals surface area contributed by atoms with E-state index in [1.807, 2.05) is 42.6 Å². The van der Waals surface area contributed by atoms with Crippen molar-refractivity contribution in [2.75, 3.05) is 6.54 Å². The molecule has 0 fully saturated rings. The molecule has 1 aromatic heterocycles. The van der Waals surface area contributed by atoms with Gasteiger partial charge < -0.3 is 15.7 Å². The zero-order valence-corrected chi connectivity index (χ0v) is 14.0. The molecule has 5 nitrogen and oxygen atoms in total. The van der Waals surface area contributed by atoms with Crippen LogP contribution in [0, 0.1) is 0 Å². The van der Waals surface area contributed by atoms with Gasteiger partial charge in [0.2, 0.25) is 0 Å². The molecule has 2 amide bonds. The molecule has 0 unspecified atom stereocenters. The van der Waals surface area contributed by atoms with E-state index in [-0.39, 0.29) is 17.5 Å². The molecule has 1 heterocycles. The topological polar surface area (TPSA) is 74.2 Å². The Bertz CT molecular complexity index is 716. The highest BCUT2D eigenvalue weighted by atomic mass is 16.3. The number of aromatic nitrogens is 1. The van der Waals surface area contributed by atoms with E-state index in [4.69, 9.17) is 0 Å². The summed E-state index contributed by atoms with van der Waals surface area (Å²) in [6, 6.07) is 11.1. The van der Waals surface area contributed by atoms with E-state index in [1.165, 1.54) is 0 Å². The number of amides is 2. The van der Waals surface area contributed by atoms with Gasteiger partial charge in [0.15, 0.2) is 0 Å². The Kier molecular flexibility index (Phi) is 4.53. The molecule has 0 saturated heterocycles. The first-order chi connectivity index (χ1) is 11.5. The lowest BCUT2D eigenvalue weighted by Gasteiger charge is -2.26. The van der Waals surface area contributed by atoms with Crippen molar-refractivity contribution < 1.29 is 9.90 Å². The summed E-state index contributed by atoms with van der Waals surface area (Å²) < 4.78 is 0. The molecule has 2 aromatic rings. The Morgan fingerprint density at radius 3 is 2.79 bits per heavy atom. The lowest BCUT2D eigenvalue weighted by Crippen LogP contribution is -2.47. The minimum Gasteiger partial charge on any atom is -0.386 e. The van der Waals surface area contributed by atoms with Crippen LogP contribution < -0.4 is 10.6 Å². The number of carbonyl (C=O) groups excluding carboxylic acids is 1. The fourth-order valence-electron chi connectivity index (χ4n) is 3.09. The predicted molar refractivity (Wildman–Crippen MR) is 92.7 cm³/mol. The number of benzene rings is 1. The zero-order valence-electron chi connectivity index (χ0n) is 14.0. The highest BCUT2D eigenvalue weighted by Crippen LogP contribution is 2.31. The highest BCUT2D eigenvalue weighted by molar-refractivity contribution is 5.74. The lowest BCUT2D eigenvalue weighted by molar-refractivity contribution is 0.142. The molecule has 2 atom stereocenters. The summed E-state index contributed by atoms with van der Waals surface area (Å²) in [5.74, 6) is 0. The molecule has 0 saturated carbocycles. The van der Waals surface area contributed by atoms with Crippen molar-refractivity contribution in [3.05, 3.63) is 65.5 Å². The van der Waals surface area contributed by atoms with Gasteiger partial charge in [-0.15, -0.1) is 0 Å². The van der Waals surface area contributed by atoms with Crippen LogP contribution >= 0.6 is 0 Å².